The monoisotopic (exact) mass is 1570 g/mol. The molecule has 28 heteroatoms. The normalized spacial score (nSPS) is 23.3. The van der Waals surface area contributed by atoms with Crippen molar-refractivity contribution in [3.63, 3.8) is 0 Å². The molecule has 3 aromatic carbocycles. The Bertz CT molecular complexity index is 3740. The van der Waals surface area contributed by atoms with E-state index in [0.717, 1.165) is 34.0 Å². The molecule has 3 saturated heterocycles. The van der Waals surface area contributed by atoms with Crippen molar-refractivity contribution in [1.82, 2.24) is 66.6 Å². The number of Topliss-reactive ketones (excluding diaryl/α,β-unsaturated/α-hetero) is 1. The van der Waals surface area contributed by atoms with Gasteiger partial charge in [-0.05, 0) is 105 Å². The third-order valence-electron chi connectivity index (χ3n) is 22.5. The molecule has 6 rings (SSSR count). The third kappa shape index (κ3) is 25.7. The number of benzene rings is 3. The van der Waals surface area contributed by atoms with Gasteiger partial charge in [-0.15, -0.1) is 0 Å². The highest BCUT2D eigenvalue weighted by Gasteiger charge is 2.46. The maximum Gasteiger partial charge on any atom is 0.248 e. The molecule has 3 aliphatic rings. The van der Waals surface area contributed by atoms with Crippen molar-refractivity contribution < 1.29 is 72.2 Å². The summed E-state index contributed by atoms with van der Waals surface area (Å²) in [6, 6.07) is 10.2. The zero-order valence-electron chi connectivity index (χ0n) is 69.5. The van der Waals surface area contributed by atoms with Crippen molar-refractivity contribution in [3.8, 4) is 0 Å². The smallest absolute Gasteiger partial charge is 0.248 e. The quantitative estimate of drug-likeness (QED) is 0.0515. The summed E-state index contributed by atoms with van der Waals surface area (Å²) in [5.41, 5.74) is 1.88. The lowest BCUT2D eigenvalue weighted by Crippen LogP contribution is -2.62. The van der Waals surface area contributed by atoms with E-state index in [1.165, 1.54) is 58.8 Å². The van der Waals surface area contributed by atoms with Crippen LogP contribution in [-0.4, -0.2) is 244 Å². The summed E-state index contributed by atoms with van der Waals surface area (Å²) in [4.78, 5) is 217. The summed E-state index contributed by atoms with van der Waals surface area (Å²) >= 11 is 0. The molecule has 0 saturated carbocycles. The van der Waals surface area contributed by atoms with Gasteiger partial charge in [-0.2, -0.15) is 0 Å². The fourth-order valence-corrected chi connectivity index (χ4v) is 14.9. The Balaban J connectivity index is 1.37. The molecule has 3 aliphatic heterocycles. The molecule has 3 fully saturated rings. The number of likely N-dealkylation sites (N-methyl/N-ethyl adjacent to an activating group) is 4. The van der Waals surface area contributed by atoms with Gasteiger partial charge in [-0.3, -0.25) is 67.1 Å². The predicted octanol–water partition coefficient (Wildman–Crippen LogP) is 4.66. The molecule has 622 valence electrons. The largest absolute Gasteiger partial charge is 0.391 e. The van der Waals surface area contributed by atoms with Crippen molar-refractivity contribution >= 4 is 82.6 Å². The maximum absolute atomic E-state index is 15.5. The van der Waals surface area contributed by atoms with Gasteiger partial charge >= 0.3 is 0 Å². The fourth-order valence-electron chi connectivity index (χ4n) is 14.9. The Hall–Kier alpha value is -9.60. The lowest BCUT2D eigenvalue weighted by atomic mass is 9.94. The van der Waals surface area contributed by atoms with Crippen LogP contribution in [0, 0.1) is 35.5 Å². The van der Waals surface area contributed by atoms with Crippen molar-refractivity contribution in [1.29, 1.82) is 0 Å². The molecule has 0 aliphatic carbocycles. The zero-order chi connectivity index (χ0) is 83.8. The first kappa shape index (κ1) is 92.3. The van der Waals surface area contributed by atoms with Crippen LogP contribution < -0.4 is 37.2 Å². The summed E-state index contributed by atoms with van der Waals surface area (Å²) in [6.45, 7) is 23.5. The predicted molar refractivity (Wildman–Crippen MR) is 429 cm³/mol. The first-order valence-electron chi connectivity index (χ1n) is 40.5. The summed E-state index contributed by atoms with van der Waals surface area (Å²) in [6.07, 6.45) is 0.917. The number of piperidine rings is 1. The number of rotatable bonds is 27. The summed E-state index contributed by atoms with van der Waals surface area (Å²) < 4.78 is 0. The summed E-state index contributed by atoms with van der Waals surface area (Å²) in [5.74, 6) is -13.2. The average molecular weight is 1570 g/mol. The minimum atomic E-state index is -1.78. The molecule has 0 unspecified atom stereocenters. The van der Waals surface area contributed by atoms with Gasteiger partial charge in [0.2, 0.25) is 76.8 Å². The number of nitrogens with zero attached hydrogens (tertiary/aromatic N) is 6. The van der Waals surface area contributed by atoms with E-state index in [4.69, 9.17) is 0 Å². The first-order valence-corrected chi connectivity index (χ1v) is 40.5. The van der Waals surface area contributed by atoms with E-state index < -0.39 is 186 Å². The van der Waals surface area contributed by atoms with Crippen LogP contribution in [0.1, 0.15) is 177 Å². The minimum absolute atomic E-state index is 0.0176. The molecule has 8 N–H and O–H groups in total. The lowest BCUT2D eigenvalue weighted by molar-refractivity contribution is -0.150. The SMILES string of the molecule is CC[C@H](C)[C@H](NC(=O)[C@@H](NC(=O)[C@H](Cc1ccccc1)NC(=O)[C@H](CC(C)C)N(C)C(=O)[C@@H](NC(=O)[C@@H]1CC(=O)C[C@@H](C)C(=O)N(C)[C@@H](C)C(=O)N(C)[C@@H](Cc2ccccc2)C(=O)N[C@@H]([C@@H](C)O)C(=O)N(C)[C@@H](Cc2ccccc2)C(=O)N[C@@H](CC(C)C)C(=O)N2CCC[C@H]2C(=O)N1)[C@@H](C)CC)C(C)C)C(=O)N1CCCCC1. The lowest BCUT2D eigenvalue weighted by Gasteiger charge is -2.36. The van der Waals surface area contributed by atoms with Gasteiger partial charge in [0.1, 0.15) is 78.3 Å². The van der Waals surface area contributed by atoms with Crippen molar-refractivity contribution in [3.05, 3.63) is 108 Å². The minimum Gasteiger partial charge on any atom is -0.391 e. The van der Waals surface area contributed by atoms with Crippen molar-refractivity contribution in [2.75, 3.05) is 47.8 Å². The molecule has 3 aromatic rings. The molecule has 0 spiro atoms. The number of aliphatic hydroxyl groups excluding tert-OH is 1. The molecule has 13 amide bonds. The molecule has 16 atom stereocenters. The Morgan fingerprint density at radius 2 is 1.06 bits per heavy atom. The number of aliphatic hydroxyl groups is 1. The van der Waals surface area contributed by atoms with E-state index in [1.807, 2.05) is 41.5 Å². The van der Waals surface area contributed by atoms with E-state index in [-0.39, 0.29) is 81.6 Å². The number of nitrogens with one attached hydrogen (secondary N) is 7. The topological polar surface area (TPSA) is 363 Å². The second kappa shape index (κ2) is 43.6. The molecule has 3 heterocycles. The summed E-state index contributed by atoms with van der Waals surface area (Å²) in [7, 11) is 5.45. The highest BCUT2D eigenvalue weighted by Crippen LogP contribution is 2.26. The number of ketones is 1. The second-order valence-corrected chi connectivity index (χ2v) is 32.7. The fraction of sp³-hybridized carbons (Fsp3) is 0.624. The van der Waals surface area contributed by atoms with Gasteiger partial charge in [0.05, 0.1) is 6.10 Å². The van der Waals surface area contributed by atoms with Crippen molar-refractivity contribution in [2.24, 2.45) is 35.5 Å². The van der Waals surface area contributed by atoms with Crippen LogP contribution in [0.5, 0.6) is 0 Å². The second-order valence-electron chi connectivity index (χ2n) is 32.7. The summed E-state index contributed by atoms with van der Waals surface area (Å²) in [5, 5.41) is 31.3. The Kier molecular flexibility index (Phi) is 35.6. The Labute approximate surface area is 667 Å². The molecule has 28 nitrogen and oxygen atoms in total. The van der Waals surface area contributed by atoms with E-state index in [0.29, 0.717) is 36.2 Å². The van der Waals surface area contributed by atoms with Gasteiger partial charge in [0.25, 0.3) is 0 Å². The third-order valence-corrected chi connectivity index (χ3v) is 22.5. The molecule has 0 aromatic heterocycles. The van der Waals surface area contributed by atoms with Crippen LogP contribution in [0.2, 0.25) is 0 Å². The Morgan fingerprint density at radius 3 is 1.58 bits per heavy atom. The number of carbonyl (C=O) groups is 14. The molecule has 0 bridgehead atoms. The highest BCUT2D eigenvalue weighted by atomic mass is 16.3. The number of likely N-dealkylation sites (tertiary alicyclic amines) is 1. The number of hydrogen-bond donors (Lipinski definition) is 8. The standard InChI is InChI=1S/C85H127N13O15/c1-18-53(9)70(83(111)95(16)66(44-51(5)6)76(104)86-62(46-58-33-24-20-25-34-58)73(101)89-69(52(7)8)79(107)91-71(54(10)19-2)85(113)97-40-30-23-31-41-97)90-74(102)63-49-61(100)45-55(11)80(108)93(14)56(12)81(109)94(15)68(48-60-37-28-22-29-38-60)78(106)92-72(57(13)99)84(112)96(17)67(47-59-35-26-21-27-36-59)77(105)88-64(43-50(3)4)82(110)98-42-32-39-65(98)75(103)87-63/h20-22,24-29,33-38,50-57,62-72,99H,18-19,23,30-32,39-49H2,1-17H3,(H,86,104)(H,87,103)(H,88,105)(H,89,101)(H,90,102)(H,91,107)(H,92,106)/t53-,54-,55+,56-,57+,62-,63-,64-,65-,66-,67-,68-,69-,70-,71-,72-/m0/s1. The van der Waals surface area contributed by atoms with Crippen LogP contribution in [0.4, 0.5) is 0 Å². The van der Waals surface area contributed by atoms with Gasteiger partial charge in [0, 0.05) is 85.8 Å². The molecular formula is C85H127N13O15. The van der Waals surface area contributed by atoms with Crippen LogP contribution in [0.15, 0.2) is 91.0 Å². The number of hydrogen-bond acceptors (Lipinski definition) is 15. The van der Waals surface area contributed by atoms with E-state index >= 15 is 28.8 Å². The first-order chi connectivity index (χ1) is 53.4. The molecule has 0 radical (unpaired) electrons. The number of fused-ring (bicyclic) bond motifs is 1. The van der Waals surface area contributed by atoms with Gasteiger partial charge in [0.15, 0.2) is 0 Å². The van der Waals surface area contributed by atoms with E-state index in [9.17, 15) is 43.5 Å². The van der Waals surface area contributed by atoms with E-state index in [1.54, 1.807) is 124 Å². The highest BCUT2D eigenvalue weighted by molar-refractivity contribution is 6.02. The van der Waals surface area contributed by atoms with E-state index in [2.05, 4.69) is 37.2 Å². The van der Waals surface area contributed by atoms with Gasteiger partial charge in [-0.25, -0.2) is 0 Å². The maximum atomic E-state index is 15.5. The van der Waals surface area contributed by atoms with Gasteiger partial charge in [-0.1, -0.05) is 180 Å². The van der Waals surface area contributed by atoms with Crippen LogP contribution in [-0.2, 0) is 86.4 Å². The Morgan fingerprint density at radius 1 is 0.540 bits per heavy atom. The van der Waals surface area contributed by atoms with Crippen molar-refractivity contribution in [2.45, 2.75) is 259 Å². The van der Waals surface area contributed by atoms with Crippen LogP contribution >= 0.6 is 0 Å². The average Bonchev–Trinajstić information content (AvgIpc) is 1.44. The van der Waals surface area contributed by atoms with Crippen LogP contribution in [0.25, 0.3) is 0 Å². The molecular weight excluding hydrogens is 1440 g/mol. The van der Waals surface area contributed by atoms with Gasteiger partial charge < -0.3 is 71.7 Å². The van der Waals surface area contributed by atoms with Crippen LogP contribution in [0.3, 0.4) is 0 Å². The molecule has 113 heavy (non-hydrogen) atoms. The number of amides is 13. The zero-order valence-corrected chi connectivity index (χ0v) is 69.5. The number of carbonyl (C=O) groups excluding carboxylic acids is 14.